The maximum Gasteiger partial charge on any atom is 0.407 e. The van der Waals surface area contributed by atoms with Gasteiger partial charge in [0.1, 0.15) is 23.7 Å². The third kappa shape index (κ3) is 8.01. The standard InChI is InChI=1S/C47H54N8O8/c1-7-39(61-4)41(53-47(59)63-6)45(57)55-36-19-32(36)21-38(55)42-48-22-33(50-42)26-10-8-25(9-11-26)27-12-13-29-17-30(15-14-28(29)16-27)34-23-49-43(51-34)37-20-31-18-35(31)54(37)44(56)40(24(2)60-3)52-46(58)62-5/h8-17,22-24,31-32,35-41H,7,18-21H2,1-6H3,(H,48,50)(H,49,51)(H,52,58)(H,53,59)/t24-,31-,32-,35-,36-,37+,38+,39-,40+,41?/m1/s1. The first-order chi connectivity index (χ1) is 30.5. The molecule has 63 heavy (non-hydrogen) atoms. The number of aromatic amines is 2. The van der Waals surface area contributed by atoms with E-state index in [4.69, 9.17) is 28.9 Å². The Hall–Kier alpha value is -6.26. The third-order valence-electron chi connectivity index (χ3n) is 13.6. The fourth-order valence-electron chi connectivity index (χ4n) is 9.84. The minimum atomic E-state index is -0.889. The third-order valence-corrected chi connectivity index (χ3v) is 13.6. The molecule has 2 aromatic heterocycles. The van der Waals surface area contributed by atoms with Crippen LogP contribution in [0.25, 0.3) is 44.4 Å². The van der Waals surface area contributed by atoms with Gasteiger partial charge in [0, 0.05) is 31.9 Å². The summed E-state index contributed by atoms with van der Waals surface area (Å²) >= 11 is 0. The lowest BCUT2D eigenvalue weighted by atomic mass is 9.98. The molecule has 2 saturated carbocycles. The number of H-pyrrole nitrogens is 2. The van der Waals surface area contributed by atoms with Crippen molar-refractivity contribution in [1.82, 2.24) is 40.4 Å². The highest BCUT2D eigenvalue weighted by atomic mass is 16.5. The normalized spacial score (nSPS) is 23.9. The number of aromatic nitrogens is 4. The number of imidazole rings is 2. The average Bonchev–Trinajstić information content (AvgIpc) is 3.89. The highest BCUT2D eigenvalue weighted by molar-refractivity contribution is 5.91. The summed E-state index contributed by atoms with van der Waals surface area (Å²) in [4.78, 5) is 72.6. The van der Waals surface area contributed by atoms with Crippen molar-refractivity contribution in [2.45, 2.75) is 94.4 Å². The van der Waals surface area contributed by atoms with Crippen LogP contribution in [0.1, 0.15) is 69.7 Å². The number of methoxy groups -OCH3 is 4. The molecule has 4 amide bonds. The van der Waals surface area contributed by atoms with Crippen molar-refractivity contribution in [1.29, 1.82) is 0 Å². The summed E-state index contributed by atoms with van der Waals surface area (Å²) in [5.74, 6) is 1.85. The maximum atomic E-state index is 14.0. The Bertz CT molecular complexity index is 2520. The highest BCUT2D eigenvalue weighted by Crippen LogP contribution is 2.54. The zero-order valence-corrected chi connectivity index (χ0v) is 36.3. The van der Waals surface area contributed by atoms with Crippen LogP contribution in [-0.4, -0.2) is 119 Å². The van der Waals surface area contributed by atoms with Crippen LogP contribution in [0.2, 0.25) is 0 Å². The topological polar surface area (TPSA) is 193 Å². The number of hydrogen-bond acceptors (Lipinski definition) is 10. The summed E-state index contributed by atoms with van der Waals surface area (Å²) in [5.41, 5.74) is 5.82. The Morgan fingerprint density at radius 3 is 1.65 bits per heavy atom. The summed E-state index contributed by atoms with van der Waals surface area (Å²) in [6.45, 7) is 3.67. The number of nitrogens with zero attached hydrogens (tertiary/aromatic N) is 4. The molecule has 2 aliphatic heterocycles. The smallest absolute Gasteiger partial charge is 0.407 e. The zero-order chi connectivity index (χ0) is 44.1. The van der Waals surface area contributed by atoms with E-state index in [1.807, 2.05) is 29.1 Å². The number of likely N-dealkylation sites (tertiary alicyclic amines) is 2. The van der Waals surface area contributed by atoms with Gasteiger partial charge in [-0.1, -0.05) is 55.5 Å². The molecule has 2 aliphatic carbocycles. The lowest BCUT2D eigenvalue weighted by Gasteiger charge is -2.33. The van der Waals surface area contributed by atoms with Gasteiger partial charge in [-0.2, -0.15) is 0 Å². The van der Waals surface area contributed by atoms with E-state index in [2.05, 4.69) is 81.3 Å². The number of piperidine rings is 2. The van der Waals surface area contributed by atoms with Gasteiger partial charge >= 0.3 is 12.2 Å². The monoisotopic (exact) mass is 858 g/mol. The van der Waals surface area contributed by atoms with Crippen LogP contribution in [0.5, 0.6) is 0 Å². The largest absolute Gasteiger partial charge is 0.453 e. The second-order valence-corrected chi connectivity index (χ2v) is 17.2. The van der Waals surface area contributed by atoms with Gasteiger partial charge < -0.3 is 49.3 Å². The van der Waals surface area contributed by atoms with Gasteiger partial charge in [0.15, 0.2) is 0 Å². The Labute approximate surface area is 365 Å². The number of rotatable bonds is 14. The first-order valence-corrected chi connectivity index (χ1v) is 21.7. The Morgan fingerprint density at radius 2 is 1.13 bits per heavy atom. The van der Waals surface area contributed by atoms with E-state index in [1.165, 1.54) is 21.3 Å². The predicted octanol–water partition coefficient (Wildman–Crippen LogP) is 6.52. The highest BCUT2D eigenvalue weighted by Gasteiger charge is 2.58. The van der Waals surface area contributed by atoms with E-state index in [1.54, 1.807) is 14.0 Å². The summed E-state index contributed by atoms with van der Waals surface area (Å²) in [5, 5.41) is 7.56. The van der Waals surface area contributed by atoms with Crippen molar-refractivity contribution in [3.63, 3.8) is 0 Å². The van der Waals surface area contributed by atoms with E-state index in [-0.39, 0.29) is 36.0 Å². The van der Waals surface area contributed by atoms with Crippen LogP contribution in [0, 0.1) is 11.8 Å². The van der Waals surface area contributed by atoms with Crippen LogP contribution < -0.4 is 10.6 Å². The van der Waals surface area contributed by atoms with E-state index < -0.39 is 36.5 Å². The number of carbonyl (C=O) groups excluding carboxylic acids is 4. The van der Waals surface area contributed by atoms with Crippen molar-refractivity contribution >= 4 is 34.8 Å². The Kier molecular flexibility index (Phi) is 11.4. The minimum absolute atomic E-state index is 0.109. The van der Waals surface area contributed by atoms with Gasteiger partial charge in [0.25, 0.3) is 0 Å². The Balaban J connectivity index is 0.881. The minimum Gasteiger partial charge on any atom is -0.453 e. The van der Waals surface area contributed by atoms with Crippen molar-refractivity contribution < 1.29 is 38.1 Å². The number of hydrogen-bond donors (Lipinski definition) is 4. The Morgan fingerprint density at radius 1 is 0.651 bits per heavy atom. The van der Waals surface area contributed by atoms with Crippen LogP contribution in [0.15, 0.2) is 73.1 Å². The summed E-state index contributed by atoms with van der Waals surface area (Å²) in [7, 11) is 5.61. The molecule has 5 aromatic rings. The second-order valence-electron chi connectivity index (χ2n) is 17.2. The van der Waals surface area contributed by atoms with E-state index >= 15 is 0 Å². The van der Waals surface area contributed by atoms with Crippen LogP contribution in [0.4, 0.5) is 9.59 Å². The molecule has 16 heteroatoms. The molecule has 1 unspecified atom stereocenters. The first-order valence-electron chi connectivity index (χ1n) is 21.7. The van der Waals surface area contributed by atoms with Gasteiger partial charge in [-0.05, 0) is 90.5 Å². The zero-order valence-electron chi connectivity index (χ0n) is 36.3. The molecule has 9 rings (SSSR count). The van der Waals surface area contributed by atoms with E-state index in [0.717, 1.165) is 81.7 Å². The molecule has 4 fully saturated rings. The van der Waals surface area contributed by atoms with Gasteiger partial charge in [-0.25, -0.2) is 19.6 Å². The number of amides is 4. The number of benzene rings is 3. The summed E-state index contributed by atoms with van der Waals surface area (Å²) in [6, 6.07) is 19.1. The molecule has 2 saturated heterocycles. The molecule has 0 bridgehead atoms. The second kappa shape index (κ2) is 17.1. The van der Waals surface area contributed by atoms with Crippen LogP contribution >= 0.6 is 0 Å². The predicted molar refractivity (Wildman–Crippen MR) is 233 cm³/mol. The fourth-order valence-corrected chi connectivity index (χ4v) is 9.84. The van der Waals surface area contributed by atoms with Gasteiger partial charge in [-0.15, -0.1) is 0 Å². The van der Waals surface area contributed by atoms with Gasteiger partial charge in [0.05, 0.1) is 62.3 Å². The average molecular weight is 859 g/mol. The molecule has 0 radical (unpaired) electrons. The van der Waals surface area contributed by atoms with Crippen LogP contribution in [0.3, 0.4) is 0 Å². The molecule has 10 atom stereocenters. The molecule has 4 aliphatic rings. The summed E-state index contributed by atoms with van der Waals surface area (Å²) < 4.78 is 20.7. The van der Waals surface area contributed by atoms with Crippen molar-refractivity contribution in [2.24, 2.45) is 11.8 Å². The number of fused-ring (bicyclic) bond motifs is 3. The molecular formula is C47H54N8O8. The number of alkyl carbamates (subject to hydrolysis) is 2. The quantitative estimate of drug-likeness (QED) is 0.0956. The molecular weight excluding hydrogens is 805 g/mol. The molecule has 16 nitrogen and oxygen atoms in total. The first kappa shape index (κ1) is 42.1. The number of nitrogens with one attached hydrogen (secondary N) is 4. The van der Waals surface area contributed by atoms with Crippen molar-refractivity contribution in [2.75, 3.05) is 28.4 Å². The number of carbonyl (C=O) groups is 4. The maximum absolute atomic E-state index is 14.0. The lowest BCUT2D eigenvalue weighted by molar-refractivity contribution is -0.139. The molecule has 330 valence electrons. The van der Waals surface area contributed by atoms with Gasteiger partial charge in [-0.3, -0.25) is 9.59 Å². The summed E-state index contributed by atoms with van der Waals surface area (Å²) in [6.07, 6.45) is 5.26. The lowest BCUT2D eigenvalue weighted by Crippen LogP contribution is -2.55. The van der Waals surface area contributed by atoms with Gasteiger partial charge in [0.2, 0.25) is 11.8 Å². The van der Waals surface area contributed by atoms with E-state index in [9.17, 15) is 19.2 Å². The fraction of sp³-hybridized carbons (Fsp3) is 0.447. The van der Waals surface area contributed by atoms with Crippen LogP contribution in [-0.2, 0) is 28.5 Å². The SMILES string of the molecule is CC[C@@H](OC)C(NC(=O)OC)C(=O)N1[C@@H]2C[C@@H]2C[C@H]1c1ncc(-c2ccc(-c3ccc4cc(-c5cnc([C@@H]6C[C@H]7C[C@H]7N6C(=O)[C@@H](NC(=O)OC)[C@@H](C)OC)[nH]5)ccc4c3)cc2)[nH]1. The van der Waals surface area contributed by atoms with Crippen molar-refractivity contribution in [3.8, 4) is 33.6 Å². The molecule has 4 heterocycles. The molecule has 3 aromatic carbocycles. The molecule has 4 N–H and O–H groups in total. The van der Waals surface area contributed by atoms with Crippen molar-refractivity contribution in [3.05, 3.63) is 84.7 Å². The number of ether oxygens (including phenoxy) is 4. The van der Waals surface area contributed by atoms with E-state index in [0.29, 0.717) is 18.3 Å². The molecule has 0 spiro atoms.